The van der Waals surface area contributed by atoms with Crippen molar-refractivity contribution in [3.8, 4) is 0 Å². The monoisotopic (exact) mass is 268 g/mol. The lowest BCUT2D eigenvalue weighted by molar-refractivity contribution is 0.0356. The molecule has 0 radical (unpaired) electrons. The molecule has 1 heterocycles. The summed E-state index contributed by atoms with van der Waals surface area (Å²) in [6, 6.07) is 3.14. The van der Waals surface area contributed by atoms with E-state index in [1.54, 1.807) is 6.07 Å². The van der Waals surface area contributed by atoms with Gasteiger partial charge in [0.05, 0.1) is 17.5 Å². The number of halogens is 1. The van der Waals surface area contributed by atoms with Crippen LogP contribution in [0, 0.1) is 11.7 Å². The van der Waals surface area contributed by atoms with Gasteiger partial charge in [-0.25, -0.2) is 4.39 Å². The first-order chi connectivity index (χ1) is 8.84. The third-order valence-corrected chi connectivity index (χ3v) is 3.09. The summed E-state index contributed by atoms with van der Waals surface area (Å²) in [4.78, 5) is 4.09. The number of nitrogens with zero attached hydrogens (tertiary/aromatic N) is 1. The molecule has 19 heavy (non-hydrogen) atoms. The summed E-state index contributed by atoms with van der Waals surface area (Å²) < 4.78 is 12.8. The molecule has 0 aliphatic heterocycles. The van der Waals surface area contributed by atoms with Crippen LogP contribution in [0.3, 0.4) is 0 Å². The molecule has 0 aliphatic rings. The van der Waals surface area contributed by atoms with Gasteiger partial charge in [-0.3, -0.25) is 4.98 Å². The standard InChI is InChI=1S/C15H25FN2O/c1-5-13(14-7-6-12(16)9-17-14)18-10-15(4,19)8-11(2)3/h6-7,9,11,13,18-19H,5,8,10H2,1-4H3. The Bertz CT molecular complexity index is 376. The van der Waals surface area contributed by atoms with Gasteiger partial charge in [0.25, 0.3) is 0 Å². The van der Waals surface area contributed by atoms with Gasteiger partial charge in [0.2, 0.25) is 0 Å². The van der Waals surface area contributed by atoms with E-state index < -0.39 is 5.60 Å². The molecule has 0 spiro atoms. The normalized spacial score (nSPS) is 16.4. The number of nitrogens with one attached hydrogen (secondary N) is 1. The number of pyridine rings is 1. The Hall–Kier alpha value is -1.00. The van der Waals surface area contributed by atoms with Crippen LogP contribution in [-0.4, -0.2) is 22.2 Å². The average molecular weight is 268 g/mol. The van der Waals surface area contributed by atoms with Crippen LogP contribution in [0.25, 0.3) is 0 Å². The highest BCUT2D eigenvalue weighted by atomic mass is 19.1. The fourth-order valence-corrected chi connectivity index (χ4v) is 2.35. The fraction of sp³-hybridized carbons (Fsp3) is 0.667. The summed E-state index contributed by atoms with van der Waals surface area (Å²) in [5, 5.41) is 13.6. The molecular formula is C15H25FN2O. The maximum atomic E-state index is 12.8. The predicted molar refractivity (Wildman–Crippen MR) is 75.3 cm³/mol. The summed E-state index contributed by atoms with van der Waals surface area (Å²) >= 11 is 0. The molecule has 1 rings (SSSR count). The predicted octanol–water partition coefficient (Wildman–Crippen LogP) is 3.06. The Labute approximate surface area is 115 Å². The minimum absolute atomic E-state index is 0.0410. The molecule has 1 aromatic rings. The molecule has 0 bridgehead atoms. The van der Waals surface area contributed by atoms with Crippen LogP contribution in [0.1, 0.15) is 52.3 Å². The van der Waals surface area contributed by atoms with Crippen molar-refractivity contribution in [1.82, 2.24) is 10.3 Å². The van der Waals surface area contributed by atoms with Gasteiger partial charge in [0.1, 0.15) is 5.82 Å². The van der Waals surface area contributed by atoms with Crippen LogP contribution in [0.2, 0.25) is 0 Å². The largest absolute Gasteiger partial charge is 0.389 e. The molecule has 3 nitrogen and oxygen atoms in total. The van der Waals surface area contributed by atoms with Crippen molar-refractivity contribution in [2.45, 2.75) is 52.2 Å². The molecule has 0 saturated carbocycles. The van der Waals surface area contributed by atoms with E-state index >= 15 is 0 Å². The van der Waals surface area contributed by atoms with Crippen LogP contribution in [-0.2, 0) is 0 Å². The SMILES string of the molecule is CCC(NCC(C)(O)CC(C)C)c1ccc(F)cn1. The van der Waals surface area contributed by atoms with Crippen molar-refractivity contribution >= 4 is 0 Å². The fourth-order valence-electron chi connectivity index (χ4n) is 2.35. The van der Waals surface area contributed by atoms with Crippen LogP contribution in [0.4, 0.5) is 4.39 Å². The summed E-state index contributed by atoms with van der Waals surface area (Å²) in [7, 11) is 0. The van der Waals surface area contributed by atoms with Gasteiger partial charge < -0.3 is 10.4 Å². The molecule has 2 unspecified atom stereocenters. The van der Waals surface area contributed by atoms with E-state index in [0.29, 0.717) is 12.5 Å². The van der Waals surface area contributed by atoms with E-state index in [0.717, 1.165) is 18.5 Å². The highest BCUT2D eigenvalue weighted by molar-refractivity contribution is 5.09. The summed E-state index contributed by atoms with van der Waals surface area (Å²) in [5.41, 5.74) is 0.0750. The molecule has 1 aromatic heterocycles. The Morgan fingerprint density at radius 2 is 2.11 bits per heavy atom. The second-order valence-electron chi connectivity index (χ2n) is 5.84. The van der Waals surface area contributed by atoms with Gasteiger partial charge in [-0.2, -0.15) is 0 Å². The molecule has 0 saturated heterocycles. The molecule has 108 valence electrons. The van der Waals surface area contributed by atoms with Crippen molar-refractivity contribution in [2.24, 2.45) is 5.92 Å². The van der Waals surface area contributed by atoms with E-state index in [9.17, 15) is 9.50 Å². The Morgan fingerprint density at radius 1 is 1.42 bits per heavy atom. The lowest BCUT2D eigenvalue weighted by Gasteiger charge is -2.28. The van der Waals surface area contributed by atoms with Crippen LogP contribution >= 0.6 is 0 Å². The number of aliphatic hydroxyl groups is 1. The number of rotatable bonds is 7. The summed E-state index contributed by atoms with van der Waals surface area (Å²) in [6.45, 7) is 8.56. The van der Waals surface area contributed by atoms with Gasteiger partial charge in [-0.05, 0) is 37.8 Å². The first-order valence-electron chi connectivity index (χ1n) is 6.91. The Morgan fingerprint density at radius 3 is 2.58 bits per heavy atom. The molecule has 0 aromatic carbocycles. The summed E-state index contributed by atoms with van der Waals surface area (Å²) in [6.07, 6.45) is 2.82. The van der Waals surface area contributed by atoms with Crippen molar-refractivity contribution in [3.05, 3.63) is 29.8 Å². The van der Waals surface area contributed by atoms with E-state index in [2.05, 4.69) is 24.1 Å². The molecular weight excluding hydrogens is 243 g/mol. The number of aromatic nitrogens is 1. The lowest BCUT2D eigenvalue weighted by atomic mass is 9.94. The summed E-state index contributed by atoms with van der Waals surface area (Å²) in [5.74, 6) is 0.117. The third kappa shape index (κ3) is 5.66. The van der Waals surface area contributed by atoms with Gasteiger partial charge in [-0.1, -0.05) is 20.8 Å². The zero-order chi connectivity index (χ0) is 14.5. The molecule has 2 N–H and O–H groups in total. The van der Waals surface area contributed by atoms with Crippen molar-refractivity contribution in [1.29, 1.82) is 0 Å². The van der Waals surface area contributed by atoms with Crippen molar-refractivity contribution < 1.29 is 9.50 Å². The molecule has 0 aliphatic carbocycles. The van der Waals surface area contributed by atoms with E-state index in [-0.39, 0.29) is 11.9 Å². The first kappa shape index (κ1) is 16.1. The average Bonchev–Trinajstić information content (AvgIpc) is 2.30. The highest BCUT2D eigenvalue weighted by Crippen LogP contribution is 2.19. The smallest absolute Gasteiger partial charge is 0.141 e. The minimum Gasteiger partial charge on any atom is -0.389 e. The number of hydrogen-bond donors (Lipinski definition) is 2. The highest BCUT2D eigenvalue weighted by Gasteiger charge is 2.23. The zero-order valence-corrected chi connectivity index (χ0v) is 12.3. The maximum absolute atomic E-state index is 12.8. The van der Waals surface area contributed by atoms with Crippen molar-refractivity contribution in [3.63, 3.8) is 0 Å². The van der Waals surface area contributed by atoms with Gasteiger partial charge in [0.15, 0.2) is 0 Å². The Balaban J connectivity index is 2.60. The van der Waals surface area contributed by atoms with E-state index in [1.165, 1.54) is 12.3 Å². The van der Waals surface area contributed by atoms with Crippen LogP contribution < -0.4 is 5.32 Å². The van der Waals surface area contributed by atoms with Crippen molar-refractivity contribution in [2.75, 3.05) is 6.54 Å². The maximum Gasteiger partial charge on any atom is 0.141 e. The molecule has 2 atom stereocenters. The van der Waals surface area contributed by atoms with Crippen LogP contribution in [0.5, 0.6) is 0 Å². The quantitative estimate of drug-likeness (QED) is 0.799. The van der Waals surface area contributed by atoms with E-state index in [1.807, 2.05) is 13.8 Å². The van der Waals surface area contributed by atoms with Gasteiger partial charge in [-0.15, -0.1) is 0 Å². The molecule has 4 heteroatoms. The third-order valence-electron chi connectivity index (χ3n) is 3.09. The van der Waals surface area contributed by atoms with Gasteiger partial charge in [0, 0.05) is 12.6 Å². The zero-order valence-electron chi connectivity index (χ0n) is 12.3. The topological polar surface area (TPSA) is 45.1 Å². The Kier molecular flexibility index (Phi) is 5.88. The molecule has 0 amide bonds. The van der Waals surface area contributed by atoms with Crippen LogP contribution in [0.15, 0.2) is 18.3 Å². The second kappa shape index (κ2) is 6.96. The first-order valence-corrected chi connectivity index (χ1v) is 6.91. The minimum atomic E-state index is -0.735. The lowest BCUT2D eigenvalue weighted by Crippen LogP contribution is -2.40. The molecule has 0 fully saturated rings. The second-order valence-corrected chi connectivity index (χ2v) is 5.84. The van der Waals surface area contributed by atoms with Gasteiger partial charge >= 0.3 is 0 Å². The van der Waals surface area contributed by atoms with E-state index in [4.69, 9.17) is 0 Å². The number of hydrogen-bond acceptors (Lipinski definition) is 3.